The van der Waals surface area contributed by atoms with Crippen LogP contribution in [-0.2, 0) is 6.54 Å². The van der Waals surface area contributed by atoms with Crippen LogP contribution in [0, 0.1) is 0 Å². The number of amides is 1. The quantitative estimate of drug-likeness (QED) is 0.601. The molecule has 0 aliphatic carbocycles. The zero-order valence-electron chi connectivity index (χ0n) is 15.6. The molecule has 0 saturated carbocycles. The third kappa shape index (κ3) is 4.28. The van der Waals surface area contributed by atoms with Gasteiger partial charge in [0.1, 0.15) is 0 Å². The molecule has 0 saturated heterocycles. The van der Waals surface area contributed by atoms with Gasteiger partial charge in [-0.05, 0) is 42.0 Å². The van der Waals surface area contributed by atoms with E-state index in [9.17, 15) is 4.79 Å². The van der Waals surface area contributed by atoms with E-state index >= 15 is 0 Å². The van der Waals surface area contributed by atoms with Crippen molar-refractivity contribution < 1.29 is 4.79 Å². The number of benzene rings is 2. The van der Waals surface area contributed by atoms with E-state index in [4.69, 9.17) is 0 Å². The molecule has 2 aromatic carbocycles. The van der Waals surface area contributed by atoms with Crippen LogP contribution < -0.4 is 0 Å². The van der Waals surface area contributed by atoms with E-state index in [0.29, 0.717) is 24.5 Å². The highest BCUT2D eigenvalue weighted by Crippen LogP contribution is 2.21. The average Bonchev–Trinajstić information content (AvgIpc) is 3.18. The molecule has 1 aromatic heterocycles. The van der Waals surface area contributed by atoms with Gasteiger partial charge in [0.05, 0.1) is 6.04 Å². The van der Waals surface area contributed by atoms with Crippen molar-refractivity contribution in [3.63, 3.8) is 0 Å². The van der Waals surface area contributed by atoms with Crippen LogP contribution in [-0.4, -0.2) is 37.6 Å². The summed E-state index contributed by atoms with van der Waals surface area (Å²) >= 11 is 0. The summed E-state index contributed by atoms with van der Waals surface area (Å²) in [6.45, 7) is 8.81. The summed E-state index contributed by atoms with van der Waals surface area (Å²) < 4.78 is 1.75. The normalized spacial score (nSPS) is 10.8. The Labute approximate surface area is 159 Å². The second kappa shape index (κ2) is 8.40. The van der Waals surface area contributed by atoms with Crippen LogP contribution in [0.1, 0.15) is 35.8 Å². The number of aromatic nitrogens is 4. The molecule has 0 radical (unpaired) electrons. The number of carbonyl (C=O) groups excluding carboxylic acids is 1. The zero-order chi connectivity index (χ0) is 19.2. The standard InChI is InChI=1S/C21H23N5O/c1-4-13-25(15-17-9-6-5-7-10-17)21(27)19-12-8-11-18(14-19)20-22-23-24-26(20)16(2)3/h4-12,14,16H,1,13,15H2,2-3H3. The molecule has 3 aromatic rings. The van der Waals surface area contributed by atoms with Crippen molar-refractivity contribution in [2.45, 2.75) is 26.4 Å². The van der Waals surface area contributed by atoms with E-state index in [2.05, 4.69) is 22.1 Å². The molecule has 6 nitrogen and oxygen atoms in total. The molecule has 0 atom stereocenters. The minimum absolute atomic E-state index is 0.0517. The van der Waals surface area contributed by atoms with E-state index in [0.717, 1.165) is 11.1 Å². The van der Waals surface area contributed by atoms with Crippen molar-refractivity contribution in [2.75, 3.05) is 6.54 Å². The predicted molar refractivity (Wildman–Crippen MR) is 105 cm³/mol. The van der Waals surface area contributed by atoms with E-state index in [-0.39, 0.29) is 11.9 Å². The Kier molecular flexibility index (Phi) is 5.76. The molecule has 0 N–H and O–H groups in total. The second-order valence-corrected chi connectivity index (χ2v) is 6.58. The van der Waals surface area contributed by atoms with Gasteiger partial charge in [0.2, 0.25) is 0 Å². The highest BCUT2D eigenvalue weighted by atomic mass is 16.2. The van der Waals surface area contributed by atoms with Crippen molar-refractivity contribution >= 4 is 5.91 Å². The Hall–Kier alpha value is -3.28. The summed E-state index contributed by atoms with van der Waals surface area (Å²) in [7, 11) is 0. The number of hydrogen-bond acceptors (Lipinski definition) is 4. The highest BCUT2D eigenvalue weighted by Gasteiger charge is 2.18. The Morgan fingerprint density at radius 3 is 2.67 bits per heavy atom. The van der Waals surface area contributed by atoms with Crippen molar-refractivity contribution in [1.82, 2.24) is 25.1 Å². The molecular weight excluding hydrogens is 338 g/mol. The van der Waals surface area contributed by atoms with Gasteiger partial charge in [-0.25, -0.2) is 4.68 Å². The van der Waals surface area contributed by atoms with Crippen molar-refractivity contribution in [3.05, 3.63) is 78.4 Å². The fourth-order valence-electron chi connectivity index (χ4n) is 2.88. The van der Waals surface area contributed by atoms with Gasteiger partial charge in [0.15, 0.2) is 5.82 Å². The molecule has 0 aliphatic heterocycles. The summed E-state index contributed by atoms with van der Waals surface area (Å²) in [5.41, 5.74) is 2.49. The average molecular weight is 361 g/mol. The molecular formula is C21H23N5O. The zero-order valence-corrected chi connectivity index (χ0v) is 15.6. The lowest BCUT2D eigenvalue weighted by atomic mass is 10.1. The van der Waals surface area contributed by atoms with Gasteiger partial charge in [-0.15, -0.1) is 11.7 Å². The lowest BCUT2D eigenvalue weighted by Gasteiger charge is -2.21. The first-order chi connectivity index (χ1) is 13.1. The molecule has 3 rings (SSSR count). The first kappa shape index (κ1) is 18.5. The SMILES string of the molecule is C=CCN(Cc1ccccc1)C(=O)c1cccc(-c2nnnn2C(C)C)c1. The number of nitrogens with zero attached hydrogens (tertiary/aromatic N) is 5. The van der Waals surface area contributed by atoms with E-state index in [1.807, 2.05) is 68.4 Å². The first-order valence-corrected chi connectivity index (χ1v) is 8.92. The minimum Gasteiger partial charge on any atom is -0.331 e. The van der Waals surface area contributed by atoms with Gasteiger partial charge in [0, 0.05) is 24.2 Å². The largest absolute Gasteiger partial charge is 0.331 e. The Morgan fingerprint density at radius 1 is 1.19 bits per heavy atom. The van der Waals surface area contributed by atoms with Crippen LogP contribution in [0.25, 0.3) is 11.4 Å². The van der Waals surface area contributed by atoms with Crippen LogP contribution in [0.3, 0.4) is 0 Å². The van der Waals surface area contributed by atoms with Gasteiger partial charge in [0.25, 0.3) is 5.91 Å². The van der Waals surface area contributed by atoms with Gasteiger partial charge in [-0.3, -0.25) is 4.79 Å². The maximum absolute atomic E-state index is 13.1. The van der Waals surface area contributed by atoms with Crippen molar-refractivity contribution in [1.29, 1.82) is 0 Å². The minimum atomic E-state index is -0.0517. The molecule has 0 bridgehead atoms. The molecule has 0 spiro atoms. The van der Waals surface area contributed by atoms with Crippen LogP contribution in [0.2, 0.25) is 0 Å². The molecule has 0 fully saturated rings. The molecule has 6 heteroatoms. The topological polar surface area (TPSA) is 63.9 Å². The Balaban J connectivity index is 1.89. The van der Waals surface area contributed by atoms with E-state index < -0.39 is 0 Å². The third-order valence-electron chi connectivity index (χ3n) is 4.20. The summed E-state index contributed by atoms with van der Waals surface area (Å²) in [5, 5.41) is 11.9. The third-order valence-corrected chi connectivity index (χ3v) is 4.20. The second-order valence-electron chi connectivity index (χ2n) is 6.58. The summed E-state index contributed by atoms with van der Waals surface area (Å²) in [6.07, 6.45) is 1.74. The fraction of sp³-hybridized carbons (Fsp3) is 0.238. The summed E-state index contributed by atoms with van der Waals surface area (Å²) in [6, 6.07) is 17.5. The molecule has 0 aliphatic rings. The summed E-state index contributed by atoms with van der Waals surface area (Å²) in [4.78, 5) is 14.9. The molecule has 27 heavy (non-hydrogen) atoms. The van der Waals surface area contributed by atoms with Gasteiger partial charge >= 0.3 is 0 Å². The maximum atomic E-state index is 13.1. The first-order valence-electron chi connectivity index (χ1n) is 8.92. The number of tetrazole rings is 1. The Morgan fingerprint density at radius 2 is 1.96 bits per heavy atom. The number of carbonyl (C=O) groups is 1. The summed E-state index contributed by atoms with van der Waals surface area (Å²) in [5.74, 6) is 0.599. The smallest absolute Gasteiger partial charge is 0.254 e. The lowest BCUT2D eigenvalue weighted by Crippen LogP contribution is -2.30. The van der Waals surface area contributed by atoms with Gasteiger partial charge in [-0.1, -0.05) is 48.5 Å². The predicted octanol–water partition coefficient (Wildman–Crippen LogP) is 3.75. The monoisotopic (exact) mass is 361 g/mol. The van der Waals surface area contributed by atoms with Crippen LogP contribution >= 0.6 is 0 Å². The van der Waals surface area contributed by atoms with E-state index in [1.165, 1.54) is 0 Å². The van der Waals surface area contributed by atoms with Gasteiger partial charge in [-0.2, -0.15) is 0 Å². The lowest BCUT2D eigenvalue weighted by molar-refractivity contribution is 0.0762. The Bertz CT molecular complexity index is 917. The fourth-order valence-corrected chi connectivity index (χ4v) is 2.88. The van der Waals surface area contributed by atoms with Crippen LogP contribution in [0.5, 0.6) is 0 Å². The van der Waals surface area contributed by atoms with Crippen LogP contribution in [0.4, 0.5) is 0 Å². The molecule has 0 unspecified atom stereocenters. The van der Waals surface area contributed by atoms with E-state index in [1.54, 1.807) is 15.7 Å². The number of rotatable bonds is 7. The van der Waals surface area contributed by atoms with Crippen LogP contribution in [0.15, 0.2) is 67.3 Å². The van der Waals surface area contributed by atoms with Crippen molar-refractivity contribution in [3.8, 4) is 11.4 Å². The molecule has 138 valence electrons. The number of hydrogen-bond donors (Lipinski definition) is 0. The molecule has 1 heterocycles. The van der Waals surface area contributed by atoms with Crippen molar-refractivity contribution in [2.24, 2.45) is 0 Å². The maximum Gasteiger partial charge on any atom is 0.254 e. The molecule has 1 amide bonds. The highest BCUT2D eigenvalue weighted by molar-refractivity contribution is 5.95. The van der Waals surface area contributed by atoms with Gasteiger partial charge < -0.3 is 4.90 Å².